The number of rotatable bonds is 3. The highest BCUT2D eigenvalue weighted by Crippen LogP contribution is 2.22. The molecule has 0 unspecified atom stereocenters. The van der Waals surface area contributed by atoms with Crippen molar-refractivity contribution < 1.29 is 0 Å². The number of aromatic amines is 1. The predicted octanol–water partition coefficient (Wildman–Crippen LogP) is 3.47. The van der Waals surface area contributed by atoms with Gasteiger partial charge in [0.15, 0.2) is 0 Å². The minimum Gasteiger partial charge on any atom is -0.353 e. The van der Waals surface area contributed by atoms with Gasteiger partial charge in [0.1, 0.15) is 5.69 Å². The topological polar surface area (TPSA) is 46.5 Å². The maximum atomic E-state index is 4.26. The minimum absolute atomic E-state index is 0.730. The molecule has 0 bridgehead atoms. The Bertz CT molecular complexity index is 841. The van der Waals surface area contributed by atoms with E-state index >= 15 is 0 Å². The normalized spacial score (nSPS) is 11.0. The molecule has 0 amide bonds. The number of benzene rings is 2. The van der Waals surface area contributed by atoms with Crippen LogP contribution in [0.15, 0.2) is 66.9 Å². The van der Waals surface area contributed by atoms with Crippen LogP contribution in [0.3, 0.4) is 0 Å². The summed E-state index contributed by atoms with van der Waals surface area (Å²) >= 11 is 0. The van der Waals surface area contributed by atoms with Crippen molar-refractivity contribution >= 4 is 10.9 Å². The second kappa shape index (κ2) is 4.90. The van der Waals surface area contributed by atoms with Gasteiger partial charge in [-0.1, -0.05) is 53.7 Å². The lowest BCUT2D eigenvalue weighted by Crippen LogP contribution is -1.99. The number of hydrogen-bond acceptors (Lipinski definition) is 2. The first-order valence-electron chi connectivity index (χ1n) is 6.91. The summed E-state index contributed by atoms with van der Waals surface area (Å²) in [6.45, 7) is 0.730. The lowest BCUT2D eigenvalue weighted by atomic mass is 10.2. The molecule has 0 saturated carbocycles. The van der Waals surface area contributed by atoms with Gasteiger partial charge in [0.25, 0.3) is 0 Å². The fraction of sp³-hybridized carbons (Fsp3) is 0.0588. The quantitative estimate of drug-likeness (QED) is 0.621. The smallest absolute Gasteiger partial charge is 0.129 e. The van der Waals surface area contributed by atoms with Gasteiger partial charge in [-0.2, -0.15) is 0 Å². The molecule has 4 nitrogen and oxygen atoms in total. The van der Waals surface area contributed by atoms with Crippen molar-refractivity contribution in [1.82, 2.24) is 20.0 Å². The second-order valence-electron chi connectivity index (χ2n) is 5.06. The zero-order valence-electron chi connectivity index (χ0n) is 11.4. The lowest BCUT2D eigenvalue weighted by molar-refractivity contribution is 0.650. The summed E-state index contributed by atoms with van der Waals surface area (Å²) in [5.74, 6) is 0. The standard InChI is InChI=1S/C17H14N4/c1-2-6-13(7-3-1)11-21-12-17(19-20-21)16-10-14-8-4-5-9-15(14)18-16/h1-10,12,18H,11H2. The molecule has 0 aliphatic rings. The van der Waals surface area contributed by atoms with Crippen molar-refractivity contribution in [2.45, 2.75) is 6.54 Å². The molecule has 102 valence electrons. The second-order valence-corrected chi connectivity index (χ2v) is 5.06. The number of fused-ring (bicyclic) bond motifs is 1. The first-order chi connectivity index (χ1) is 10.4. The van der Waals surface area contributed by atoms with Gasteiger partial charge in [-0.05, 0) is 17.7 Å². The highest BCUT2D eigenvalue weighted by Gasteiger charge is 2.07. The first kappa shape index (κ1) is 11.9. The molecule has 0 fully saturated rings. The molecule has 2 aromatic heterocycles. The molecule has 2 aromatic carbocycles. The van der Waals surface area contributed by atoms with Crippen molar-refractivity contribution in [2.24, 2.45) is 0 Å². The third-order valence-corrected chi connectivity index (χ3v) is 3.53. The van der Waals surface area contributed by atoms with Crippen LogP contribution in [0, 0.1) is 0 Å². The Morgan fingerprint density at radius 3 is 2.62 bits per heavy atom. The summed E-state index contributed by atoms with van der Waals surface area (Å²) in [7, 11) is 0. The molecule has 4 rings (SSSR count). The monoisotopic (exact) mass is 274 g/mol. The summed E-state index contributed by atoms with van der Waals surface area (Å²) in [6, 6.07) is 20.6. The molecule has 0 saturated heterocycles. The average molecular weight is 274 g/mol. The lowest BCUT2D eigenvalue weighted by Gasteiger charge is -1.99. The number of nitrogens with one attached hydrogen (secondary N) is 1. The predicted molar refractivity (Wildman–Crippen MR) is 82.9 cm³/mol. The summed E-state index contributed by atoms with van der Waals surface area (Å²) < 4.78 is 1.86. The van der Waals surface area contributed by atoms with Crippen molar-refractivity contribution in [3.63, 3.8) is 0 Å². The van der Waals surface area contributed by atoms with Crippen LogP contribution in [0.2, 0.25) is 0 Å². The number of nitrogens with zero attached hydrogens (tertiary/aromatic N) is 3. The Morgan fingerprint density at radius 1 is 0.952 bits per heavy atom. The number of para-hydroxylation sites is 1. The summed E-state index contributed by atoms with van der Waals surface area (Å²) in [5.41, 5.74) is 4.19. The van der Waals surface area contributed by atoms with Crippen molar-refractivity contribution in [3.05, 3.63) is 72.4 Å². The van der Waals surface area contributed by atoms with Gasteiger partial charge in [0.05, 0.1) is 18.4 Å². The van der Waals surface area contributed by atoms with Crippen molar-refractivity contribution in [2.75, 3.05) is 0 Å². The molecule has 0 aliphatic heterocycles. The third-order valence-electron chi connectivity index (χ3n) is 3.53. The van der Waals surface area contributed by atoms with E-state index in [9.17, 15) is 0 Å². The van der Waals surface area contributed by atoms with Crippen LogP contribution in [0.25, 0.3) is 22.3 Å². The molecule has 4 aromatic rings. The van der Waals surface area contributed by atoms with E-state index in [2.05, 4.69) is 45.6 Å². The van der Waals surface area contributed by atoms with Crippen LogP contribution in [0.4, 0.5) is 0 Å². The maximum absolute atomic E-state index is 4.26. The van der Waals surface area contributed by atoms with Crippen molar-refractivity contribution in [3.8, 4) is 11.4 Å². The van der Waals surface area contributed by atoms with E-state index in [-0.39, 0.29) is 0 Å². The summed E-state index contributed by atoms with van der Waals surface area (Å²) in [4.78, 5) is 3.37. The van der Waals surface area contributed by atoms with E-state index in [1.54, 1.807) is 0 Å². The van der Waals surface area contributed by atoms with Gasteiger partial charge in [-0.15, -0.1) is 5.10 Å². The van der Waals surface area contributed by atoms with Crippen LogP contribution in [-0.2, 0) is 6.54 Å². The minimum atomic E-state index is 0.730. The Balaban J connectivity index is 1.64. The molecule has 0 atom stereocenters. The third kappa shape index (κ3) is 2.31. The van der Waals surface area contributed by atoms with E-state index < -0.39 is 0 Å². The molecule has 0 spiro atoms. The molecular weight excluding hydrogens is 260 g/mol. The Hall–Kier alpha value is -2.88. The zero-order valence-corrected chi connectivity index (χ0v) is 11.4. The fourth-order valence-electron chi connectivity index (χ4n) is 2.48. The van der Waals surface area contributed by atoms with Gasteiger partial charge in [0.2, 0.25) is 0 Å². The number of hydrogen-bond donors (Lipinski definition) is 1. The molecule has 0 radical (unpaired) electrons. The Labute approximate surface area is 122 Å². The first-order valence-corrected chi connectivity index (χ1v) is 6.91. The summed E-state index contributed by atoms with van der Waals surface area (Å²) in [5, 5.41) is 9.65. The molecular formula is C17H14N4. The van der Waals surface area contributed by atoms with E-state index in [1.807, 2.05) is 41.2 Å². The van der Waals surface area contributed by atoms with E-state index in [4.69, 9.17) is 0 Å². The fourth-order valence-corrected chi connectivity index (χ4v) is 2.48. The van der Waals surface area contributed by atoms with Crippen molar-refractivity contribution in [1.29, 1.82) is 0 Å². The Kier molecular flexibility index (Phi) is 2.78. The molecule has 0 aliphatic carbocycles. The molecule has 1 N–H and O–H groups in total. The number of H-pyrrole nitrogens is 1. The zero-order chi connectivity index (χ0) is 14.1. The van der Waals surface area contributed by atoms with E-state index in [1.165, 1.54) is 10.9 Å². The van der Waals surface area contributed by atoms with E-state index in [0.717, 1.165) is 23.4 Å². The summed E-state index contributed by atoms with van der Waals surface area (Å²) in [6.07, 6.45) is 1.97. The van der Waals surface area contributed by atoms with Gasteiger partial charge in [-0.3, -0.25) is 0 Å². The number of aromatic nitrogens is 4. The van der Waals surface area contributed by atoms with Crippen LogP contribution in [-0.4, -0.2) is 20.0 Å². The average Bonchev–Trinajstić information content (AvgIpc) is 3.14. The van der Waals surface area contributed by atoms with Crippen LogP contribution >= 0.6 is 0 Å². The molecule has 4 heteroatoms. The SMILES string of the molecule is c1ccc(Cn2cc(-c3cc4ccccc4[nH]3)nn2)cc1. The van der Waals surface area contributed by atoms with Crippen LogP contribution < -0.4 is 0 Å². The van der Waals surface area contributed by atoms with Gasteiger partial charge in [0, 0.05) is 10.9 Å². The van der Waals surface area contributed by atoms with Gasteiger partial charge < -0.3 is 4.98 Å². The maximum Gasteiger partial charge on any atom is 0.129 e. The largest absolute Gasteiger partial charge is 0.353 e. The highest BCUT2D eigenvalue weighted by molar-refractivity contribution is 5.84. The van der Waals surface area contributed by atoms with Crippen LogP contribution in [0.1, 0.15) is 5.56 Å². The van der Waals surface area contributed by atoms with Gasteiger partial charge >= 0.3 is 0 Å². The highest BCUT2D eigenvalue weighted by atomic mass is 15.4. The van der Waals surface area contributed by atoms with E-state index in [0.29, 0.717) is 0 Å². The molecule has 21 heavy (non-hydrogen) atoms. The van der Waals surface area contributed by atoms with Crippen LogP contribution in [0.5, 0.6) is 0 Å². The van der Waals surface area contributed by atoms with Gasteiger partial charge in [-0.25, -0.2) is 4.68 Å². The Morgan fingerprint density at radius 2 is 1.76 bits per heavy atom. The molecule has 2 heterocycles.